The molecular weight excluding hydrogens is 134 g/mol. The monoisotopic (exact) mass is 143 g/mol. The van der Waals surface area contributed by atoms with Crippen molar-refractivity contribution in [2.24, 2.45) is 4.99 Å². The van der Waals surface area contributed by atoms with Crippen LogP contribution in [0.3, 0.4) is 0 Å². The Morgan fingerprint density at radius 1 is 1.80 bits per heavy atom. The van der Waals surface area contributed by atoms with Crippen LogP contribution in [0.15, 0.2) is 4.99 Å². The first-order valence-electron chi connectivity index (χ1n) is 2.73. The quantitative estimate of drug-likeness (QED) is 0.256. The zero-order chi connectivity index (χ0) is 7.82. The van der Waals surface area contributed by atoms with Crippen LogP contribution in [-0.4, -0.2) is 19.7 Å². The van der Waals surface area contributed by atoms with Crippen LogP contribution in [0.2, 0.25) is 0 Å². The van der Waals surface area contributed by atoms with E-state index in [1.165, 1.54) is 7.11 Å². The zero-order valence-corrected chi connectivity index (χ0v) is 5.92. The van der Waals surface area contributed by atoms with Crippen LogP contribution in [0.5, 0.6) is 0 Å². The van der Waals surface area contributed by atoms with E-state index in [1.807, 2.05) is 0 Å². The normalized spacial score (nSPS) is 10.3. The highest BCUT2D eigenvalue weighted by Gasteiger charge is 1.94. The van der Waals surface area contributed by atoms with Gasteiger partial charge >= 0.3 is 6.02 Å². The van der Waals surface area contributed by atoms with E-state index in [0.29, 0.717) is 6.61 Å². The Labute approximate surface area is 59.2 Å². The minimum absolute atomic E-state index is 0.0764. The van der Waals surface area contributed by atoms with Gasteiger partial charge in [-0.1, -0.05) is 0 Å². The van der Waals surface area contributed by atoms with Gasteiger partial charge in [-0.25, -0.2) is 5.48 Å². The summed E-state index contributed by atoms with van der Waals surface area (Å²) in [4.78, 5) is 7.72. The van der Waals surface area contributed by atoms with Crippen molar-refractivity contribution in [1.82, 2.24) is 5.48 Å². The molecule has 0 amide bonds. The summed E-state index contributed by atoms with van der Waals surface area (Å²) in [6, 6.07) is 0.0764. The third-order valence-corrected chi connectivity index (χ3v) is 0.622. The highest BCUT2D eigenvalue weighted by atomic mass is 16.7. The van der Waals surface area contributed by atoms with E-state index >= 15 is 0 Å². The fraction of sp³-hybridized carbons (Fsp3) is 0.600. The van der Waals surface area contributed by atoms with E-state index in [1.54, 1.807) is 13.1 Å². The van der Waals surface area contributed by atoms with Gasteiger partial charge in [0, 0.05) is 0 Å². The SMILES string of the molecule is CCOC(=NC#N)NOC. The highest BCUT2D eigenvalue weighted by molar-refractivity contribution is 5.73. The van der Waals surface area contributed by atoms with Gasteiger partial charge in [0.05, 0.1) is 13.7 Å². The van der Waals surface area contributed by atoms with Gasteiger partial charge in [-0.3, -0.25) is 4.84 Å². The van der Waals surface area contributed by atoms with Crippen molar-refractivity contribution in [3.05, 3.63) is 0 Å². The minimum atomic E-state index is 0.0764. The maximum atomic E-state index is 8.08. The number of amidine groups is 1. The average molecular weight is 143 g/mol. The van der Waals surface area contributed by atoms with Gasteiger partial charge in [0.1, 0.15) is 0 Å². The molecule has 5 nitrogen and oxygen atoms in total. The molecule has 0 unspecified atom stereocenters. The molecule has 0 heterocycles. The number of nitrogens with zero attached hydrogens (tertiary/aromatic N) is 2. The summed E-state index contributed by atoms with van der Waals surface area (Å²) in [6.07, 6.45) is 1.56. The fourth-order valence-corrected chi connectivity index (χ4v) is 0.354. The van der Waals surface area contributed by atoms with Gasteiger partial charge in [0.25, 0.3) is 0 Å². The van der Waals surface area contributed by atoms with Crippen LogP contribution in [0.4, 0.5) is 0 Å². The van der Waals surface area contributed by atoms with Crippen LogP contribution < -0.4 is 5.48 Å². The molecule has 0 saturated heterocycles. The minimum Gasteiger partial charge on any atom is -0.463 e. The number of hydrogen-bond acceptors (Lipinski definition) is 4. The summed E-state index contributed by atoms with van der Waals surface area (Å²) < 4.78 is 4.81. The predicted molar refractivity (Wildman–Crippen MR) is 34.8 cm³/mol. The fourth-order valence-electron chi connectivity index (χ4n) is 0.354. The van der Waals surface area contributed by atoms with Crippen molar-refractivity contribution in [1.29, 1.82) is 5.26 Å². The maximum Gasteiger partial charge on any atom is 0.324 e. The number of hydroxylamine groups is 1. The van der Waals surface area contributed by atoms with E-state index in [-0.39, 0.29) is 6.02 Å². The Kier molecular flexibility index (Phi) is 5.10. The van der Waals surface area contributed by atoms with Crippen LogP contribution in [0, 0.1) is 11.5 Å². The lowest BCUT2D eigenvalue weighted by molar-refractivity contribution is 0.115. The molecule has 0 aliphatic rings. The summed E-state index contributed by atoms with van der Waals surface area (Å²) >= 11 is 0. The molecule has 0 atom stereocenters. The third kappa shape index (κ3) is 3.69. The van der Waals surface area contributed by atoms with Crippen molar-refractivity contribution in [2.75, 3.05) is 13.7 Å². The maximum absolute atomic E-state index is 8.08. The summed E-state index contributed by atoms with van der Waals surface area (Å²) in [5.74, 6) is 0. The molecule has 0 spiro atoms. The number of nitrogens with one attached hydrogen (secondary N) is 1. The second-order valence-corrected chi connectivity index (χ2v) is 1.26. The molecule has 10 heavy (non-hydrogen) atoms. The average Bonchev–Trinajstić information content (AvgIpc) is 1.90. The molecule has 0 bridgehead atoms. The topological polar surface area (TPSA) is 66.6 Å². The zero-order valence-electron chi connectivity index (χ0n) is 5.92. The van der Waals surface area contributed by atoms with Crippen molar-refractivity contribution in [2.45, 2.75) is 6.92 Å². The lowest BCUT2D eigenvalue weighted by Crippen LogP contribution is -2.24. The summed E-state index contributed by atoms with van der Waals surface area (Å²) in [6.45, 7) is 2.22. The summed E-state index contributed by atoms with van der Waals surface area (Å²) in [5, 5.41) is 8.08. The van der Waals surface area contributed by atoms with Crippen molar-refractivity contribution in [3.63, 3.8) is 0 Å². The van der Waals surface area contributed by atoms with E-state index in [0.717, 1.165) is 0 Å². The number of nitriles is 1. The molecule has 0 rings (SSSR count). The third-order valence-electron chi connectivity index (χ3n) is 0.622. The van der Waals surface area contributed by atoms with Gasteiger partial charge in [-0.2, -0.15) is 5.26 Å². The summed E-state index contributed by atoms with van der Waals surface area (Å²) in [7, 11) is 1.41. The molecular formula is C5H9N3O2. The molecule has 0 aromatic heterocycles. The first kappa shape index (κ1) is 8.72. The van der Waals surface area contributed by atoms with Gasteiger partial charge in [0.2, 0.25) is 6.19 Å². The molecule has 0 radical (unpaired) electrons. The molecule has 0 aliphatic heterocycles. The Bertz CT molecular complexity index is 141. The Hall–Kier alpha value is -1.28. The molecule has 0 aromatic carbocycles. The Morgan fingerprint density at radius 2 is 2.50 bits per heavy atom. The highest BCUT2D eigenvalue weighted by Crippen LogP contribution is 1.77. The van der Waals surface area contributed by atoms with Crippen LogP contribution in [-0.2, 0) is 9.57 Å². The lowest BCUT2D eigenvalue weighted by Gasteiger charge is -2.03. The lowest BCUT2D eigenvalue weighted by atomic mass is 10.9. The largest absolute Gasteiger partial charge is 0.463 e. The van der Waals surface area contributed by atoms with Crippen molar-refractivity contribution in [3.8, 4) is 6.19 Å². The first-order valence-corrected chi connectivity index (χ1v) is 2.73. The molecule has 0 saturated carbocycles. The first-order chi connectivity index (χ1) is 4.85. The second-order valence-electron chi connectivity index (χ2n) is 1.26. The number of aliphatic imine (C=N–C) groups is 1. The number of hydrogen-bond donors (Lipinski definition) is 1. The molecule has 56 valence electrons. The second kappa shape index (κ2) is 5.85. The van der Waals surface area contributed by atoms with Gasteiger partial charge < -0.3 is 4.74 Å². The van der Waals surface area contributed by atoms with Crippen LogP contribution in [0.25, 0.3) is 0 Å². The number of ether oxygens (including phenoxy) is 1. The predicted octanol–water partition coefficient (Wildman–Crippen LogP) is 0.0110. The van der Waals surface area contributed by atoms with E-state index in [9.17, 15) is 0 Å². The molecule has 0 fully saturated rings. The summed E-state index contributed by atoms with van der Waals surface area (Å²) in [5.41, 5.74) is 2.29. The van der Waals surface area contributed by atoms with Crippen molar-refractivity contribution < 1.29 is 9.57 Å². The molecule has 0 aliphatic carbocycles. The Balaban J connectivity index is 3.75. The van der Waals surface area contributed by atoms with Gasteiger partial charge in [-0.15, -0.1) is 4.99 Å². The van der Waals surface area contributed by atoms with E-state index in [2.05, 4.69) is 15.3 Å². The van der Waals surface area contributed by atoms with Gasteiger partial charge in [0.15, 0.2) is 0 Å². The molecule has 0 aromatic rings. The molecule has 5 heteroatoms. The van der Waals surface area contributed by atoms with E-state index < -0.39 is 0 Å². The molecule has 1 N–H and O–H groups in total. The van der Waals surface area contributed by atoms with Gasteiger partial charge in [-0.05, 0) is 6.92 Å². The standard InChI is InChI=1S/C5H9N3O2/c1-3-10-5(7-4-6)8-9-2/h3H2,1-2H3,(H,7,8). The Morgan fingerprint density at radius 3 is 2.90 bits per heavy atom. The van der Waals surface area contributed by atoms with Crippen LogP contribution >= 0.6 is 0 Å². The van der Waals surface area contributed by atoms with Crippen molar-refractivity contribution >= 4 is 6.02 Å². The smallest absolute Gasteiger partial charge is 0.324 e. The number of rotatable bonds is 2. The van der Waals surface area contributed by atoms with Crippen LogP contribution in [0.1, 0.15) is 6.92 Å². The van der Waals surface area contributed by atoms with E-state index in [4.69, 9.17) is 10.00 Å².